The van der Waals surface area contributed by atoms with Gasteiger partial charge in [0.25, 0.3) is 0 Å². The Morgan fingerprint density at radius 3 is 2.67 bits per heavy atom. The van der Waals surface area contributed by atoms with Gasteiger partial charge in [0.15, 0.2) is 6.20 Å². The van der Waals surface area contributed by atoms with E-state index in [-0.39, 0.29) is 5.75 Å². The Kier molecular flexibility index (Phi) is 2.33. The molecular weight excluding hydrogens is 226 g/mol. The Balaban J connectivity index is 2.51. The van der Waals surface area contributed by atoms with E-state index in [1.54, 1.807) is 19.2 Å². The third-order valence-electron chi connectivity index (χ3n) is 3.24. The molecule has 90 valence electrons. The monoisotopic (exact) mass is 240 g/mol. The Morgan fingerprint density at radius 2 is 1.89 bits per heavy atom. The molecule has 0 bridgehead atoms. The molecule has 3 nitrogen and oxygen atoms in total. The van der Waals surface area contributed by atoms with Crippen molar-refractivity contribution < 1.29 is 14.4 Å². The number of rotatable bonds is 1. The lowest BCUT2D eigenvalue weighted by Crippen LogP contribution is -2.28. The second kappa shape index (κ2) is 3.88. The Hall–Kier alpha value is -2.29. The number of methoxy groups -OCH3 is 1. The molecule has 0 saturated carbocycles. The number of hydrogen-bond donors (Lipinski definition) is 1. The predicted molar refractivity (Wildman–Crippen MR) is 70.8 cm³/mol. The van der Waals surface area contributed by atoms with Crippen LogP contribution >= 0.6 is 0 Å². The number of phenols is 1. The summed E-state index contributed by atoms with van der Waals surface area (Å²) >= 11 is 0. The molecule has 18 heavy (non-hydrogen) atoms. The molecule has 1 N–H and O–H groups in total. The second-order valence-corrected chi connectivity index (χ2v) is 4.39. The van der Waals surface area contributed by atoms with Gasteiger partial charge in [0.1, 0.15) is 18.5 Å². The SMILES string of the molecule is COc1ccc2c[n+](C)c3ccc(O)cc3c2c1. The maximum Gasteiger partial charge on any atom is 0.213 e. The molecule has 1 heterocycles. The van der Waals surface area contributed by atoms with Crippen LogP contribution in [0.25, 0.3) is 21.7 Å². The highest BCUT2D eigenvalue weighted by molar-refractivity contribution is 6.04. The number of nitrogens with zero attached hydrogens (tertiary/aromatic N) is 1. The first-order valence-electron chi connectivity index (χ1n) is 5.78. The zero-order chi connectivity index (χ0) is 12.7. The average Bonchev–Trinajstić information content (AvgIpc) is 2.38. The molecular formula is C15H14NO2+. The minimum atomic E-state index is 0.276. The van der Waals surface area contributed by atoms with Crippen molar-refractivity contribution in [1.29, 1.82) is 0 Å². The van der Waals surface area contributed by atoms with Gasteiger partial charge in [-0.25, -0.2) is 4.57 Å². The van der Waals surface area contributed by atoms with Crippen molar-refractivity contribution in [3.63, 3.8) is 0 Å². The van der Waals surface area contributed by atoms with Crippen LogP contribution in [0.5, 0.6) is 11.5 Å². The molecule has 0 atom stereocenters. The number of aromatic nitrogens is 1. The number of ether oxygens (including phenoxy) is 1. The molecule has 0 aliphatic carbocycles. The highest BCUT2D eigenvalue weighted by atomic mass is 16.5. The Morgan fingerprint density at radius 1 is 1.06 bits per heavy atom. The van der Waals surface area contributed by atoms with E-state index in [0.717, 1.165) is 27.4 Å². The van der Waals surface area contributed by atoms with Gasteiger partial charge in [-0.3, -0.25) is 0 Å². The summed E-state index contributed by atoms with van der Waals surface area (Å²) in [7, 11) is 3.66. The number of hydrogen-bond acceptors (Lipinski definition) is 2. The molecule has 0 saturated heterocycles. The van der Waals surface area contributed by atoms with Crippen LogP contribution in [-0.4, -0.2) is 12.2 Å². The molecule has 0 aliphatic heterocycles. The third-order valence-corrected chi connectivity index (χ3v) is 3.24. The van der Waals surface area contributed by atoms with Gasteiger partial charge in [0.05, 0.1) is 12.5 Å². The van der Waals surface area contributed by atoms with E-state index in [1.807, 2.05) is 31.3 Å². The summed E-state index contributed by atoms with van der Waals surface area (Å²) < 4.78 is 7.32. The molecule has 0 amide bonds. The Labute approximate surface area is 105 Å². The lowest BCUT2D eigenvalue weighted by Gasteiger charge is -2.05. The summed E-state index contributed by atoms with van der Waals surface area (Å²) in [5, 5.41) is 12.9. The summed E-state index contributed by atoms with van der Waals surface area (Å²) in [6.07, 6.45) is 2.08. The van der Waals surface area contributed by atoms with E-state index in [2.05, 4.69) is 10.8 Å². The second-order valence-electron chi connectivity index (χ2n) is 4.39. The summed E-state index contributed by atoms with van der Waals surface area (Å²) in [4.78, 5) is 0. The van der Waals surface area contributed by atoms with Gasteiger partial charge >= 0.3 is 0 Å². The summed E-state index contributed by atoms with van der Waals surface area (Å²) in [6.45, 7) is 0. The molecule has 0 fully saturated rings. The fourth-order valence-corrected chi connectivity index (χ4v) is 2.33. The molecule has 1 aromatic heterocycles. The molecule has 2 aromatic carbocycles. The number of fused-ring (bicyclic) bond motifs is 3. The first-order chi connectivity index (χ1) is 8.69. The van der Waals surface area contributed by atoms with Crippen LogP contribution in [0.2, 0.25) is 0 Å². The lowest BCUT2D eigenvalue weighted by atomic mass is 10.1. The number of pyridine rings is 1. The van der Waals surface area contributed by atoms with Crippen molar-refractivity contribution in [2.75, 3.05) is 7.11 Å². The summed E-state index contributed by atoms with van der Waals surface area (Å²) in [5.41, 5.74) is 1.08. The van der Waals surface area contributed by atoms with Crippen LogP contribution in [0, 0.1) is 0 Å². The van der Waals surface area contributed by atoms with Crippen molar-refractivity contribution in [1.82, 2.24) is 0 Å². The Bertz CT molecular complexity index is 750. The number of benzene rings is 2. The van der Waals surface area contributed by atoms with E-state index in [4.69, 9.17) is 4.74 Å². The summed E-state index contributed by atoms with van der Waals surface area (Å²) in [6, 6.07) is 11.4. The number of phenolic OH excluding ortho intramolecular Hbond substituents is 1. The van der Waals surface area contributed by atoms with Crippen LogP contribution in [0.15, 0.2) is 42.6 Å². The smallest absolute Gasteiger partial charge is 0.213 e. The zero-order valence-electron chi connectivity index (χ0n) is 10.3. The van der Waals surface area contributed by atoms with Crippen LogP contribution in [0.1, 0.15) is 0 Å². The van der Waals surface area contributed by atoms with Crippen molar-refractivity contribution >= 4 is 21.7 Å². The summed E-state index contributed by atoms with van der Waals surface area (Å²) in [5.74, 6) is 1.10. The largest absolute Gasteiger partial charge is 0.508 e. The van der Waals surface area contributed by atoms with Crippen LogP contribution in [0.3, 0.4) is 0 Å². The normalized spacial score (nSPS) is 11.0. The van der Waals surface area contributed by atoms with Gasteiger partial charge < -0.3 is 9.84 Å². The molecule has 0 radical (unpaired) electrons. The quantitative estimate of drug-likeness (QED) is 0.524. The standard InChI is InChI=1S/C15H13NO2/c1-16-9-10-3-5-12(18-2)8-13(10)14-7-11(17)4-6-15(14)16/h3-9H,1-2H3/p+1. The van der Waals surface area contributed by atoms with E-state index in [1.165, 1.54) is 0 Å². The van der Waals surface area contributed by atoms with Crippen LogP contribution in [0.4, 0.5) is 0 Å². The van der Waals surface area contributed by atoms with Gasteiger partial charge in [-0.05, 0) is 30.3 Å². The maximum atomic E-state index is 9.67. The van der Waals surface area contributed by atoms with Gasteiger partial charge in [-0.2, -0.15) is 0 Å². The first kappa shape index (κ1) is 10.8. The number of aromatic hydroxyl groups is 1. The minimum absolute atomic E-state index is 0.276. The van der Waals surface area contributed by atoms with Gasteiger partial charge in [-0.1, -0.05) is 0 Å². The van der Waals surface area contributed by atoms with Crippen LogP contribution < -0.4 is 9.30 Å². The van der Waals surface area contributed by atoms with E-state index in [9.17, 15) is 5.11 Å². The van der Waals surface area contributed by atoms with Gasteiger partial charge in [-0.15, -0.1) is 0 Å². The van der Waals surface area contributed by atoms with Crippen molar-refractivity contribution in [3.8, 4) is 11.5 Å². The van der Waals surface area contributed by atoms with Crippen LogP contribution in [-0.2, 0) is 7.05 Å². The number of aryl methyl sites for hydroxylation is 1. The molecule has 0 spiro atoms. The van der Waals surface area contributed by atoms with Crippen molar-refractivity contribution in [2.45, 2.75) is 0 Å². The zero-order valence-corrected chi connectivity index (χ0v) is 10.3. The highest BCUT2D eigenvalue weighted by Crippen LogP contribution is 2.28. The van der Waals surface area contributed by atoms with Gasteiger partial charge in [0.2, 0.25) is 5.52 Å². The topological polar surface area (TPSA) is 33.3 Å². The van der Waals surface area contributed by atoms with Gasteiger partial charge in [0, 0.05) is 16.8 Å². The molecule has 0 unspecified atom stereocenters. The van der Waals surface area contributed by atoms with Crippen molar-refractivity contribution in [2.24, 2.45) is 7.05 Å². The fraction of sp³-hybridized carbons (Fsp3) is 0.133. The molecule has 0 aliphatic rings. The van der Waals surface area contributed by atoms with E-state index in [0.29, 0.717) is 0 Å². The first-order valence-corrected chi connectivity index (χ1v) is 5.78. The minimum Gasteiger partial charge on any atom is -0.508 e. The van der Waals surface area contributed by atoms with E-state index < -0.39 is 0 Å². The van der Waals surface area contributed by atoms with E-state index >= 15 is 0 Å². The highest BCUT2D eigenvalue weighted by Gasteiger charge is 2.11. The molecule has 3 aromatic rings. The fourth-order valence-electron chi connectivity index (χ4n) is 2.33. The molecule has 3 heteroatoms. The lowest BCUT2D eigenvalue weighted by molar-refractivity contribution is -0.643. The maximum absolute atomic E-state index is 9.67. The average molecular weight is 240 g/mol. The predicted octanol–water partition coefficient (Wildman–Crippen LogP) is 2.53. The van der Waals surface area contributed by atoms with Crippen molar-refractivity contribution in [3.05, 3.63) is 42.6 Å². The third kappa shape index (κ3) is 1.56. The molecule has 3 rings (SSSR count).